The van der Waals surface area contributed by atoms with Crippen molar-refractivity contribution in [2.24, 2.45) is 156 Å². The third kappa shape index (κ3) is 38.0. The van der Waals surface area contributed by atoms with Gasteiger partial charge >= 0.3 is 0 Å². The van der Waals surface area contributed by atoms with Gasteiger partial charge in [0.2, 0.25) is 0 Å². The first-order valence-corrected chi connectivity index (χ1v) is 41.5. The first kappa shape index (κ1) is 95.2. The maximum atomic E-state index is 8.64. The highest BCUT2D eigenvalue weighted by atomic mass is 14.5. The van der Waals surface area contributed by atoms with Gasteiger partial charge in [-0.15, -0.1) is 0 Å². The summed E-state index contributed by atoms with van der Waals surface area (Å²) in [5, 5.41) is 0. The van der Waals surface area contributed by atoms with Crippen LogP contribution >= 0.6 is 0 Å². The molecule has 0 heteroatoms. The first-order chi connectivity index (χ1) is 47.0. The molecule has 0 aliphatic rings. The van der Waals surface area contributed by atoms with E-state index in [1.165, 1.54) is 0 Å². The quantitative estimate of drug-likeness (QED) is 0.136. The standard InChI is InChI=1S/2C13H28.2C12H26.2C11H24.2C10H22.C9H20/c1-10(11(2,3)4)13(8,9)12(5,6)7;1-9-13(8,12(5,6)7)11(4)10(2)3;1-9(2)10(3)12(7,8)11(4,5)6;1-8-10(3)12(7,9-2)11(4,5)6;1-8-9(2)11(6,7)10(3,4)5;1-8-11(7,9(2)3)10(4,5)6;1-8(2)10(6,7)9(3,4)5;1-7-10(6,8-2)9(3,4)5;1-7-9(5,6)8(2,3)4/h10H,1-9H3;10-11H,9H2,1-8H3;9-10H,1-8H3;10H,8-9H2,1-7H3;2*9H,8H2,1-7H3;8H,1-7H3;7-8H2,1-6H3;7H2,1-6H3/i10D;11D;2*10D;2*9D;8D;2*7D2. The fourth-order valence-corrected chi connectivity index (χ4v) is 11.6. The van der Waals surface area contributed by atoms with Crippen LogP contribution in [0.4, 0.5) is 0 Å². The van der Waals surface area contributed by atoms with E-state index in [1.807, 2.05) is 55.4 Å². The first-order valence-electron chi connectivity index (χ1n) is 47.0. The zero-order chi connectivity index (χ0) is 95.4. The molecule has 0 aromatic heterocycles. The van der Waals surface area contributed by atoms with Gasteiger partial charge < -0.3 is 0 Å². The van der Waals surface area contributed by atoms with Crippen molar-refractivity contribution in [3.8, 4) is 0 Å². The molecule has 0 aliphatic heterocycles. The molecule has 0 saturated heterocycles. The molecule has 0 radical (unpaired) electrons. The molecular formula is C101H220. The van der Waals surface area contributed by atoms with Crippen LogP contribution in [0, 0.1) is 156 Å². The Kier molecular flexibility index (Phi) is 41.6. The van der Waals surface area contributed by atoms with Gasteiger partial charge in [0.05, 0.1) is 0 Å². The molecule has 0 saturated carbocycles. The van der Waals surface area contributed by atoms with E-state index in [-0.39, 0.29) is 138 Å². The van der Waals surface area contributed by atoms with Gasteiger partial charge in [-0.2, -0.15) is 0 Å². The predicted molar refractivity (Wildman–Crippen MR) is 483 cm³/mol. The molecular weight excluding hydrogens is 1210 g/mol. The Balaban J connectivity index is -0.000000152. The Bertz CT molecular complexity index is 2410. The zero-order valence-electron chi connectivity index (χ0n) is 95.4. The summed E-state index contributed by atoms with van der Waals surface area (Å²) < 4.78 is 89.3. The van der Waals surface area contributed by atoms with Crippen molar-refractivity contribution in [1.29, 1.82) is 0 Å². The fourth-order valence-electron chi connectivity index (χ4n) is 11.6. The van der Waals surface area contributed by atoms with Crippen molar-refractivity contribution >= 4 is 0 Å². The third-order valence-electron chi connectivity index (χ3n) is 31.1. The molecule has 101 heavy (non-hydrogen) atoms. The van der Waals surface area contributed by atoms with Crippen LogP contribution in [0.15, 0.2) is 0 Å². The van der Waals surface area contributed by atoms with Gasteiger partial charge in [-0.3, -0.25) is 0 Å². The minimum atomic E-state index is -1.12. The number of hydrogen-bond acceptors (Lipinski definition) is 0. The summed E-state index contributed by atoms with van der Waals surface area (Å²) in [5.41, 5.74) is 1.12. The Hall–Kier alpha value is 0. The second kappa shape index (κ2) is 44.1. The molecule has 0 amide bonds. The topological polar surface area (TPSA) is 0 Å². The van der Waals surface area contributed by atoms with E-state index in [0.29, 0.717) is 11.8 Å². The van der Waals surface area contributed by atoms with E-state index in [9.17, 15) is 0 Å². The molecule has 0 aromatic carbocycles. The molecule has 0 aromatic rings. The number of rotatable bonds is 17. The molecule has 0 rings (SSSR count). The summed E-state index contributed by atoms with van der Waals surface area (Å²) in [5.74, 6) is -1.76. The summed E-state index contributed by atoms with van der Waals surface area (Å²) in [6, 6.07) is 0. The van der Waals surface area contributed by atoms with E-state index >= 15 is 0 Å². The highest BCUT2D eigenvalue weighted by Gasteiger charge is 2.45. The highest BCUT2D eigenvalue weighted by Crippen LogP contribution is 2.54. The van der Waals surface area contributed by atoms with Crippen LogP contribution in [-0.4, -0.2) is 0 Å². The lowest BCUT2D eigenvalue weighted by atomic mass is 9.56. The largest absolute Gasteiger partial charge is 0.0651 e. The maximum absolute atomic E-state index is 8.64. The predicted octanol–water partition coefficient (Wildman–Crippen LogP) is 37.6. The molecule has 0 heterocycles. The summed E-state index contributed by atoms with van der Waals surface area (Å²) in [7, 11) is 0. The molecule has 0 N–H and O–H groups in total. The van der Waals surface area contributed by atoms with E-state index in [2.05, 4.69) is 381 Å². The molecule has 0 fully saturated rings. The average Bonchev–Trinajstić information content (AvgIpc) is 0.750. The molecule has 0 nitrogen and oxygen atoms in total. The summed E-state index contributed by atoms with van der Waals surface area (Å²) in [4.78, 5) is 0. The van der Waals surface area contributed by atoms with Crippen molar-refractivity contribution in [3.63, 3.8) is 0 Å². The molecule has 9 atom stereocenters. The third-order valence-corrected chi connectivity index (χ3v) is 31.1. The van der Waals surface area contributed by atoms with Crippen LogP contribution in [0.2, 0.25) is 0 Å². The summed E-state index contributed by atoms with van der Waals surface area (Å²) in [6.45, 7) is 139. The van der Waals surface area contributed by atoms with Gasteiger partial charge in [0.15, 0.2) is 0 Å². The van der Waals surface area contributed by atoms with Gasteiger partial charge in [-0.05, 0) is 175 Å². The van der Waals surface area contributed by atoms with Gasteiger partial charge in [0.1, 0.15) is 0 Å². The van der Waals surface area contributed by atoms with Gasteiger partial charge in [-0.1, -0.05) is 482 Å². The highest BCUT2D eigenvalue weighted by molar-refractivity contribution is 4.95. The van der Waals surface area contributed by atoms with Crippen LogP contribution in [0.1, 0.15) is 516 Å². The van der Waals surface area contributed by atoms with Crippen molar-refractivity contribution in [1.82, 2.24) is 0 Å². The van der Waals surface area contributed by atoms with E-state index < -0.39 is 18.6 Å². The Labute approximate surface area is 669 Å². The van der Waals surface area contributed by atoms with Crippen LogP contribution < -0.4 is 0 Å². The van der Waals surface area contributed by atoms with Crippen LogP contribution in [0.3, 0.4) is 0 Å². The molecule has 0 bridgehead atoms. The molecule has 0 aliphatic carbocycles. The summed E-state index contributed by atoms with van der Waals surface area (Å²) >= 11 is 0. The van der Waals surface area contributed by atoms with E-state index in [1.54, 1.807) is 13.8 Å². The Morgan fingerprint density at radius 3 is 0.554 bits per heavy atom. The molecule has 9 unspecified atom stereocenters. The van der Waals surface area contributed by atoms with Crippen molar-refractivity contribution < 1.29 is 15.1 Å². The van der Waals surface area contributed by atoms with Crippen LogP contribution in [-0.2, 0) is 0 Å². The monoisotopic (exact) mass is 1440 g/mol. The maximum Gasteiger partial charge on any atom is 0.0311 e. The second-order valence-electron chi connectivity index (χ2n) is 46.4. The Morgan fingerprint density at radius 1 is 0.238 bits per heavy atom. The van der Waals surface area contributed by atoms with Crippen LogP contribution in [0.25, 0.3) is 0 Å². The lowest BCUT2D eigenvalue weighted by molar-refractivity contribution is 0.00321. The molecule has 624 valence electrons. The smallest absolute Gasteiger partial charge is 0.0311 e. The average molecular weight is 1450 g/mol. The van der Waals surface area contributed by atoms with Crippen molar-refractivity contribution in [2.75, 3.05) is 0 Å². The van der Waals surface area contributed by atoms with Crippen molar-refractivity contribution in [3.05, 3.63) is 0 Å². The lowest BCUT2D eigenvalue weighted by Gasteiger charge is -2.49. The van der Waals surface area contributed by atoms with Gasteiger partial charge in [0, 0.05) is 15.1 Å². The van der Waals surface area contributed by atoms with Gasteiger partial charge in [0.25, 0.3) is 0 Å². The normalized spacial score (nSPS) is 21.2. The second-order valence-corrected chi connectivity index (χ2v) is 46.4. The van der Waals surface area contributed by atoms with E-state index in [4.69, 9.17) is 15.1 Å². The minimum absolute atomic E-state index is 0.00375. The Morgan fingerprint density at radius 2 is 0.505 bits per heavy atom. The number of hydrogen-bond donors (Lipinski definition) is 0. The molecule has 0 spiro atoms. The van der Waals surface area contributed by atoms with Crippen LogP contribution in [0.5, 0.6) is 0 Å². The summed E-state index contributed by atoms with van der Waals surface area (Å²) in [6.07, 6.45) is 3.68. The minimum Gasteiger partial charge on any atom is -0.0651 e. The SMILES string of the molecule is [2H]C(C)(C(C)(C)C)C(C)(C)C(C)(C)C.[2H]C(C)(C(C)C)C(C)(C)C(C)(C)C.[2H]C(C)(C(C)C)C(C)(CC)C(C)(C)C.[2H]C(C)(C)C(C)(C)C(C)(C)C.[2H]C(C)(C)C(C)(CC)C(C)(C)C.[2H]C(C)(CC)C(C)(C)C(C)(C)C.[2H]C(C)(CC)C(C)(CC)C(C)(C)C.[2H]C([2H])(C)C(C)(C)C(C)(C)C.[2H]C([2H])(C)C(C)(CC)C(C)(C)C. The van der Waals surface area contributed by atoms with Crippen molar-refractivity contribution in [2.45, 2.75) is 501 Å². The van der Waals surface area contributed by atoms with Gasteiger partial charge in [-0.25, -0.2) is 0 Å². The fraction of sp³-hybridized carbons (Fsp3) is 1.00. The lowest BCUT2D eigenvalue weighted by Crippen LogP contribution is -2.41. The zero-order valence-corrected chi connectivity index (χ0v) is 84.4. The van der Waals surface area contributed by atoms with E-state index in [0.717, 1.165) is 38.5 Å².